The fraction of sp³-hybridized carbons (Fsp3) is 1.00. The maximum Gasteiger partial charge on any atom is 0.0542 e. The van der Waals surface area contributed by atoms with E-state index in [0.717, 1.165) is 11.8 Å². The predicted molar refractivity (Wildman–Crippen MR) is 63.6 cm³/mol. The molecule has 15 heavy (non-hydrogen) atoms. The van der Waals surface area contributed by atoms with Crippen LogP contribution < -0.4 is 0 Å². The van der Waals surface area contributed by atoms with Crippen molar-refractivity contribution >= 4 is 0 Å². The van der Waals surface area contributed by atoms with Crippen molar-refractivity contribution in [3.8, 4) is 0 Å². The number of hydrogen-bond donors (Lipinski definition) is 1. The van der Waals surface area contributed by atoms with Crippen molar-refractivity contribution in [2.24, 2.45) is 29.1 Å². The average Bonchev–Trinajstić information content (AvgIpc) is 2.41. The Morgan fingerprint density at radius 1 is 1.27 bits per heavy atom. The lowest BCUT2D eigenvalue weighted by Crippen LogP contribution is -2.37. The molecule has 88 valence electrons. The monoisotopic (exact) mass is 210 g/mol. The summed E-state index contributed by atoms with van der Waals surface area (Å²) >= 11 is 0. The Balaban J connectivity index is 2.10. The zero-order valence-electron chi connectivity index (χ0n) is 10.7. The van der Waals surface area contributed by atoms with E-state index in [-0.39, 0.29) is 6.10 Å². The summed E-state index contributed by atoms with van der Waals surface area (Å²) in [6.45, 7) is 9.18. The van der Waals surface area contributed by atoms with E-state index < -0.39 is 0 Å². The van der Waals surface area contributed by atoms with Gasteiger partial charge in [0.1, 0.15) is 0 Å². The summed E-state index contributed by atoms with van der Waals surface area (Å²) in [7, 11) is 0. The molecule has 0 aromatic rings. The molecule has 5 unspecified atom stereocenters. The van der Waals surface area contributed by atoms with E-state index in [2.05, 4.69) is 20.8 Å². The highest BCUT2D eigenvalue weighted by molar-refractivity contribution is 4.97. The molecule has 2 saturated carbocycles. The molecule has 2 fully saturated rings. The molecule has 0 saturated heterocycles. The van der Waals surface area contributed by atoms with Gasteiger partial charge in [-0.25, -0.2) is 0 Å². The SMILES string of the molecule is CC(O)C1CC2CCC(C)(C)C2CC1C. The second-order valence-corrected chi connectivity index (χ2v) is 6.75. The summed E-state index contributed by atoms with van der Waals surface area (Å²) in [6.07, 6.45) is 5.29. The molecule has 0 aromatic carbocycles. The molecule has 1 heteroatoms. The minimum atomic E-state index is -0.107. The quantitative estimate of drug-likeness (QED) is 0.702. The molecule has 0 radical (unpaired) electrons. The lowest BCUT2D eigenvalue weighted by atomic mass is 9.64. The van der Waals surface area contributed by atoms with Gasteiger partial charge < -0.3 is 5.11 Å². The van der Waals surface area contributed by atoms with E-state index in [1.54, 1.807) is 0 Å². The highest BCUT2D eigenvalue weighted by Crippen LogP contribution is 2.55. The first kappa shape index (κ1) is 11.4. The van der Waals surface area contributed by atoms with E-state index in [1.807, 2.05) is 6.92 Å². The lowest BCUT2D eigenvalue weighted by Gasteiger charge is -2.42. The van der Waals surface area contributed by atoms with Crippen LogP contribution in [-0.2, 0) is 0 Å². The first-order valence-corrected chi connectivity index (χ1v) is 6.60. The van der Waals surface area contributed by atoms with Gasteiger partial charge in [-0.2, -0.15) is 0 Å². The first-order valence-electron chi connectivity index (χ1n) is 6.60. The normalized spacial score (nSPS) is 46.2. The van der Waals surface area contributed by atoms with Crippen molar-refractivity contribution in [2.45, 2.75) is 59.5 Å². The summed E-state index contributed by atoms with van der Waals surface area (Å²) in [5.41, 5.74) is 0.558. The van der Waals surface area contributed by atoms with E-state index >= 15 is 0 Å². The third-order valence-corrected chi connectivity index (χ3v) is 5.28. The zero-order valence-corrected chi connectivity index (χ0v) is 10.7. The second kappa shape index (κ2) is 3.76. The van der Waals surface area contributed by atoms with Crippen LogP contribution in [0.5, 0.6) is 0 Å². The van der Waals surface area contributed by atoms with Gasteiger partial charge in [-0.3, -0.25) is 0 Å². The largest absolute Gasteiger partial charge is 0.393 e. The molecule has 2 aliphatic carbocycles. The molecule has 1 nitrogen and oxygen atoms in total. The summed E-state index contributed by atoms with van der Waals surface area (Å²) in [6, 6.07) is 0. The topological polar surface area (TPSA) is 20.2 Å². The fourth-order valence-electron chi connectivity index (χ4n) is 4.21. The van der Waals surface area contributed by atoms with Crippen LogP contribution in [0.15, 0.2) is 0 Å². The Labute approximate surface area is 94.3 Å². The van der Waals surface area contributed by atoms with Crippen molar-refractivity contribution in [1.29, 1.82) is 0 Å². The molecular weight excluding hydrogens is 184 g/mol. The van der Waals surface area contributed by atoms with Gasteiger partial charge in [-0.15, -0.1) is 0 Å². The van der Waals surface area contributed by atoms with Gasteiger partial charge in [0.05, 0.1) is 6.10 Å². The minimum Gasteiger partial charge on any atom is -0.393 e. The van der Waals surface area contributed by atoms with E-state index in [0.29, 0.717) is 17.3 Å². The van der Waals surface area contributed by atoms with Crippen LogP contribution in [0.2, 0.25) is 0 Å². The molecule has 2 aliphatic rings. The molecule has 0 bridgehead atoms. The van der Waals surface area contributed by atoms with Crippen LogP contribution in [0.4, 0.5) is 0 Å². The second-order valence-electron chi connectivity index (χ2n) is 6.75. The van der Waals surface area contributed by atoms with E-state index in [9.17, 15) is 5.11 Å². The molecule has 0 spiro atoms. The van der Waals surface area contributed by atoms with Gasteiger partial charge in [0, 0.05) is 0 Å². The van der Waals surface area contributed by atoms with Gasteiger partial charge in [-0.1, -0.05) is 20.8 Å². The Morgan fingerprint density at radius 2 is 1.93 bits per heavy atom. The van der Waals surface area contributed by atoms with Crippen LogP contribution in [0, 0.1) is 29.1 Å². The van der Waals surface area contributed by atoms with Crippen LogP contribution in [0.25, 0.3) is 0 Å². The molecular formula is C14H26O. The van der Waals surface area contributed by atoms with Gasteiger partial charge in [0.25, 0.3) is 0 Å². The standard InChI is InChI=1S/C14H26O/c1-9-7-13-11(5-6-14(13,3)4)8-12(9)10(2)15/h9-13,15H,5-8H2,1-4H3. The number of hydrogen-bond acceptors (Lipinski definition) is 1. The minimum absolute atomic E-state index is 0.107. The molecule has 0 heterocycles. The van der Waals surface area contributed by atoms with Gasteiger partial charge in [0.15, 0.2) is 0 Å². The highest BCUT2D eigenvalue weighted by atomic mass is 16.3. The number of aliphatic hydroxyl groups excluding tert-OH is 1. The Morgan fingerprint density at radius 3 is 2.53 bits per heavy atom. The van der Waals surface area contributed by atoms with Crippen LogP contribution in [0.1, 0.15) is 53.4 Å². The highest BCUT2D eigenvalue weighted by Gasteiger charge is 2.47. The first-order chi connectivity index (χ1) is 6.92. The van der Waals surface area contributed by atoms with Crippen LogP contribution in [-0.4, -0.2) is 11.2 Å². The summed E-state index contributed by atoms with van der Waals surface area (Å²) in [5, 5.41) is 9.80. The zero-order chi connectivity index (χ0) is 11.2. The maximum absolute atomic E-state index is 9.80. The Bertz CT molecular complexity index is 231. The molecule has 0 aliphatic heterocycles. The lowest BCUT2D eigenvalue weighted by molar-refractivity contribution is 0.0127. The van der Waals surface area contributed by atoms with Crippen molar-refractivity contribution in [3.05, 3.63) is 0 Å². The summed E-state index contributed by atoms with van der Waals surface area (Å²) in [5.74, 6) is 3.09. The molecule has 2 rings (SSSR count). The van der Waals surface area contributed by atoms with Crippen molar-refractivity contribution in [3.63, 3.8) is 0 Å². The summed E-state index contributed by atoms with van der Waals surface area (Å²) in [4.78, 5) is 0. The predicted octanol–water partition coefficient (Wildman–Crippen LogP) is 3.47. The Kier molecular flexibility index (Phi) is 2.87. The fourth-order valence-corrected chi connectivity index (χ4v) is 4.21. The van der Waals surface area contributed by atoms with Crippen molar-refractivity contribution in [2.75, 3.05) is 0 Å². The Hall–Kier alpha value is -0.0400. The van der Waals surface area contributed by atoms with Crippen LogP contribution in [0.3, 0.4) is 0 Å². The van der Waals surface area contributed by atoms with Gasteiger partial charge >= 0.3 is 0 Å². The number of aliphatic hydroxyl groups is 1. The molecule has 0 aromatic heterocycles. The smallest absolute Gasteiger partial charge is 0.0542 e. The summed E-state index contributed by atoms with van der Waals surface area (Å²) < 4.78 is 0. The molecule has 1 N–H and O–H groups in total. The van der Waals surface area contributed by atoms with E-state index in [4.69, 9.17) is 0 Å². The van der Waals surface area contributed by atoms with Crippen LogP contribution >= 0.6 is 0 Å². The van der Waals surface area contributed by atoms with E-state index in [1.165, 1.54) is 25.7 Å². The maximum atomic E-state index is 9.80. The molecule has 5 atom stereocenters. The van der Waals surface area contributed by atoms with Crippen molar-refractivity contribution in [1.82, 2.24) is 0 Å². The number of fused-ring (bicyclic) bond motifs is 1. The number of rotatable bonds is 1. The third-order valence-electron chi connectivity index (χ3n) is 5.28. The van der Waals surface area contributed by atoms with Gasteiger partial charge in [-0.05, 0) is 61.7 Å². The van der Waals surface area contributed by atoms with Gasteiger partial charge in [0.2, 0.25) is 0 Å². The average molecular weight is 210 g/mol. The molecule has 0 amide bonds. The van der Waals surface area contributed by atoms with Crippen molar-refractivity contribution < 1.29 is 5.11 Å². The third kappa shape index (κ3) is 1.95.